The van der Waals surface area contributed by atoms with E-state index in [4.69, 9.17) is 9.15 Å². The highest BCUT2D eigenvalue weighted by Gasteiger charge is 2.22. The van der Waals surface area contributed by atoms with Gasteiger partial charge in [-0.2, -0.15) is 0 Å². The van der Waals surface area contributed by atoms with Gasteiger partial charge in [0.05, 0.1) is 25.0 Å². The fourth-order valence-corrected chi connectivity index (χ4v) is 3.43. The van der Waals surface area contributed by atoms with Gasteiger partial charge in [-0.3, -0.25) is 9.59 Å². The molecule has 0 atom stereocenters. The van der Waals surface area contributed by atoms with Crippen LogP contribution < -0.4 is 20.3 Å². The standard InChI is InChI=1S/C21H21N3O4/c1-13-15-8-7-14(27-2)11-18(15)28-20(13)21(26)23-16-5-3-4-6-17(16)24-10-9-22-19(25)12-24/h3-8,11H,9-10,12H2,1-2H3,(H,22,25)(H,23,26). The summed E-state index contributed by atoms with van der Waals surface area (Å²) in [5, 5.41) is 6.61. The fraction of sp³-hybridized carbons (Fsp3) is 0.238. The van der Waals surface area contributed by atoms with Crippen LogP contribution in [0.25, 0.3) is 11.0 Å². The SMILES string of the molecule is COc1ccc2c(C)c(C(=O)Nc3ccccc3N3CCNC(=O)C3)oc2c1. The van der Waals surface area contributed by atoms with Gasteiger partial charge >= 0.3 is 0 Å². The number of furan rings is 1. The molecule has 7 nitrogen and oxygen atoms in total. The Bertz CT molecular complexity index is 1060. The third-order valence-electron chi connectivity index (χ3n) is 4.88. The molecule has 0 unspecified atom stereocenters. The van der Waals surface area contributed by atoms with Crippen LogP contribution in [0.2, 0.25) is 0 Å². The molecule has 144 valence electrons. The molecule has 2 amide bonds. The van der Waals surface area contributed by atoms with Crippen LogP contribution in [-0.4, -0.2) is 38.6 Å². The summed E-state index contributed by atoms with van der Waals surface area (Å²) in [4.78, 5) is 26.6. The molecule has 0 spiro atoms. The molecule has 2 heterocycles. The first kappa shape index (κ1) is 17.9. The number of benzene rings is 2. The van der Waals surface area contributed by atoms with Crippen molar-refractivity contribution in [3.63, 3.8) is 0 Å². The van der Waals surface area contributed by atoms with Crippen LogP contribution in [-0.2, 0) is 4.79 Å². The number of carbonyl (C=O) groups is 2. The lowest BCUT2D eigenvalue weighted by atomic mass is 10.1. The van der Waals surface area contributed by atoms with Crippen molar-refractivity contribution in [2.75, 3.05) is 37.0 Å². The minimum absolute atomic E-state index is 0.0329. The van der Waals surface area contributed by atoms with Crippen molar-refractivity contribution < 1.29 is 18.7 Å². The van der Waals surface area contributed by atoms with Crippen molar-refractivity contribution in [1.29, 1.82) is 0 Å². The highest BCUT2D eigenvalue weighted by molar-refractivity contribution is 6.08. The zero-order valence-corrected chi connectivity index (χ0v) is 15.7. The number of nitrogens with zero attached hydrogens (tertiary/aromatic N) is 1. The largest absolute Gasteiger partial charge is 0.497 e. The minimum atomic E-state index is -0.332. The Kier molecular flexibility index (Phi) is 4.65. The van der Waals surface area contributed by atoms with Gasteiger partial charge in [0.15, 0.2) is 5.76 Å². The molecule has 1 fully saturated rings. The molecule has 7 heteroatoms. The number of para-hydroxylation sites is 2. The number of rotatable bonds is 4. The molecule has 1 aromatic heterocycles. The van der Waals surface area contributed by atoms with Gasteiger partial charge in [0.1, 0.15) is 11.3 Å². The smallest absolute Gasteiger partial charge is 0.291 e. The van der Waals surface area contributed by atoms with Crippen LogP contribution in [0.4, 0.5) is 11.4 Å². The molecule has 0 saturated carbocycles. The Hall–Kier alpha value is -3.48. The molecule has 28 heavy (non-hydrogen) atoms. The second kappa shape index (κ2) is 7.26. The number of amides is 2. The summed E-state index contributed by atoms with van der Waals surface area (Å²) in [6.07, 6.45) is 0. The Morgan fingerprint density at radius 1 is 1.25 bits per heavy atom. The topological polar surface area (TPSA) is 83.8 Å². The van der Waals surface area contributed by atoms with Gasteiger partial charge in [-0.1, -0.05) is 12.1 Å². The van der Waals surface area contributed by atoms with Crippen molar-refractivity contribution in [2.24, 2.45) is 0 Å². The second-order valence-electron chi connectivity index (χ2n) is 6.66. The van der Waals surface area contributed by atoms with Crippen molar-refractivity contribution in [3.05, 3.63) is 53.8 Å². The fourth-order valence-electron chi connectivity index (χ4n) is 3.43. The average molecular weight is 379 g/mol. The van der Waals surface area contributed by atoms with Crippen LogP contribution in [0.1, 0.15) is 16.1 Å². The number of carbonyl (C=O) groups excluding carboxylic acids is 2. The lowest BCUT2D eigenvalue weighted by Gasteiger charge is -2.30. The Morgan fingerprint density at radius 2 is 2.07 bits per heavy atom. The Morgan fingerprint density at radius 3 is 2.86 bits per heavy atom. The third-order valence-corrected chi connectivity index (χ3v) is 4.88. The van der Waals surface area contributed by atoms with Crippen LogP contribution in [0.5, 0.6) is 5.75 Å². The van der Waals surface area contributed by atoms with Gasteiger partial charge in [-0.25, -0.2) is 0 Å². The zero-order chi connectivity index (χ0) is 19.7. The first-order chi connectivity index (χ1) is 13.6. The van der Waals surface area contributed by atoms with E-state index in [2.05, 4.69) is 10.6 Å². The van der Waals surface area contributed by atoms with Crippen LogP contribution >= 0.6 is 0 Å². The molecule has 0 bridgehead atoms. The van der Waals surface area contributed by atoms with Crippen LogP contribution in [0.15, 0.2) is 46.9 Å². The maximum Gasteiger partial charge on any atom is 0.291 e. The maximum absolute atomic E-state index is 12.9. The van der Waals surface area contributed by atoms with Crippen molar-refractivity contribution >= 4 is 34.2 Å². The van der Waals surface area contributed by atoms with Gasteiger partial charge in [-0.15, -0.1) is 0 Å². The zero-order valence-electron chi connectivity index (χ0n) is 15.7. The number of methoxy groups -OCH3 is 1. The summed E-state index contributed by atoms with van der Waals surface area (Å²) in [7, 11) is 1.59. The van der Waals surface area contributed by atoms with Gasteiger partial charge in [0, 0.05) is 30.1 Å². The number of hydrogen-bond acceptors (Lipinski definition) is 5. The predicted octanol–water partition coefficient (Wildman–Crippen LogP) is 2.94. The summed E-state index contributed by atoms with van der Waals surface area (Å²) in [5.41, 5.74) is 2.81. The van der Waals surface area contributed by atoms with Crippen molar-refractivity contribution in [3.8, 4) is 5.75 Å². The molecule has 3 aromatic rings. The van der Waals surface area contributed by atoms with E-state index in [1.165, 1.54) is 0 Å². The van der Waals surface area contributed by atoms with Crippen LogP contribution in [0, 0.1) is 6.92 Å². The predicted molar refractivity (Wildman–Crippen MR) is 107 cm³/mol. The summed E-state index contributed by atoms with van der Waals surface area (Å²) >= 11 is 0. The molecule has 1 aliphatic heterocycles. The quantitative estimate of drug-likeness (QED) is 0.728. The molecular weight excluding hydrogens is 358 g/mol. The maximum atomic E-state index is 12.9. The number of hydrogen-bond donors (Lipinski definition) is 2. The Balaban J connectivity index is 1.63. The monoisotopic (exact) mass is 379 g/mol. The number of nitrogens with one attached hydrogen (secondary N) is 2. The third kappa shape index (κ3) is 3.26. The lowest BCUT2D eigenvalue weighted by molar-refractivity contribution is -0.120. The Labute approximate surface area is 162 Å². The van der Waals surface area contributed by atoms with E-state index in [1.54, 1.807) is 13.2 Å². The van der Waals surface area contributed by atoms with Crippen molar-refractivity contribution in [2.45, 2.75) is 6.92 Å². The summed E-state index contributed by atoms with van der Waals surface area (Å²) in [5.74, 6) is 0.562. The normalized spacial score (nSPS) is 14.1. The molecule has 1 saturated heterocycles. The van der Waals surface area contributed by atoms with E-state index in [9.17, 15) is 9.59 Å². The van der Waals surface area contributed by atoms with Crippen LogP contribution in [0.3, 0.4) is 0 Å². The van der Waals surface area contributed by atoms with E-state index in [1.807, 2.05) is 48.2 Å². The second-order valence-corrected chi connectivity index (χ2v) is 6.66. The van der Waals surface area contributed by atoms with E-state index >= 15 is 0 Å². The molecule has 2 N–H and O–H groups in total. The summed E-state index contributed by atoms with van der Waals surface area (Å²) in [6.45, 7) is 3.37. The summed E-state index contributed by atoms with van der Waals surface area (Å²) < 4.78 is 11.0. The lowest BCUT2D eigenvalue weighted by Crippen LogP contribution is -2.47. The summed E-state index contributed by atoms with van der Waals surface area (Å²) in [6, 6.07) is 12.9. The van der Waals surface area contributed by atoms with Gasteiger partial charge in [0.2, 0.25) is 5.91 Å². The molecule has 0 aliphatic carbocycles. The van der Waals surface area contributed by atoms with E-state index in [0.717, 1.165) is 16.6 Å². The number of aryl methyl sites for hydroxylation is 1. The van der Waals surface area contributed by atoms with E-state index < -0.39 is 0 Å². The first-order valence-corrected chi connectivity index (χ1v) is 9.06. The molecule has 1 aliphatic rings. The molecule has 0 radical (unpaired) electrons. The highest BCUT2D eigenvalue weighted by Crippen LogP contribution is 2.31. The minimum Gasteiger partial charge on any atom is -0.497 e. The number of piperazine rings is 1. The molecular formula is C21H21N3O4. The average Bonchev–Trinajstić information content (AvgIpc) is 3.04. The van der Waals surface area contributed by atoms with Gasteiger partial charge in [-0.05, 0) is 31.2 Å². The number of fused-ring (bicyclic) bond motifs is 1. The number of ether oxygens (including phenoxy) is 1. The van der Waals surface area contributed by atoms with Crippen molar-refractivity contribution in [1.82, 2.24) is 5.32 Å². The van der Waals surface area contributed by atoms with Gasteiger partial charge in [0.25, 0.3) is 5.91 Å². The van der Waals surface area contributed by atoms with E-state index in [0.29, 0.717) is 30.1 Å². The van der Waals surface area contributed by atoms with E-state index in [-0.39, 0.29) is 24.1 Å². The first-order valence-electron chi connectivity index (χ1n) is 9.06. The number of anilines is 2. The molecule has 2 aromatic carbocycles. The highest BCUT2D eigenvalue weighted by atomic mass is 16.5. The van der Waals surface area contributed by atoms with Gasteiger partial charge < -0.3 is 24.7 Å². The molecule has 4 rings (SSSR count).